The van der Waals surface area contributed by atoms with Gasteiger partial charge in [-0.1, -0.05) is 48.5 Å². The van der Waals surface area contributed by atoms with Crippen LogP contribution in [0.4, 0.5) is 4.79 Å². The monoisotopic (exact) mass is 447 g/mol. The molecule has 1 aromatic heterocycles. The van der Waals surface area contributed by atoms with Crippen molar-refractivity contribution in [1.29, 1.82) is 0 Å². The number of aromatic amines is 1. The van der Waals surface area contributed by atoms with Crippen LogP contribution in [0, 0.1) is 0 Å². The second-order valence-electron chi connectivity index (χ2n) is 8.71. The Bertz CT molecular complexity index is 1060. The fraction of sp³-hybridized carbons (Fsp3) is 0.385. The van der Waals surface area contributed by atoms with Crippen molar-refractivity contribution in [2.24, 2.45) is 0 Å². The van der Waals surface area contributed by atoms with Gasteiger partial charge in [0.05, 0.1) is 6.42 Å². The minimum absolute atomic E-state index is 0.0376. The summed E-state index contributed by atoms with van der Waals surface area (Å²) in [5.74, 6) is 0.112. The summed E-state index contributed by atoms with van der Waals surface area (Å²) in [6, 6.07) is 18.4. The van der Waals surface area contributed by atoms with Gasteiger partial charge in [-0.25, -0.2) is 4.79 Å². The van der Waals surface area contributed by atoms with E-state index in [1.807, 2.05) is 46.3 Å². The van der Waals surface area contributed by atoms with Crippen molar-refractivity contribution in [3.63, 3.8) is 0 Å². The second-order valence-corrected chi connectivity index (χ2v) is 8.71. The van der Waals surface area contributed by atoms with Crippen molar-refractivity contribution in [2.75, 3.05) is 46.3 Å². The number of fused-ring (bicyclic) bond motifs is 1. The van der Waals surface area contributed by atoms with E-state index in [1.54, 1.807) is 0 Å². The molecule has 2 heterocycles. The molecule has 2 aromatic carbocycles. The van der Waals surface area contributed by atoms with Crippen LogP contribution in [0.1, 0.15) is 17.5 Å². The predicted molar refractivity (Wildman–Crippen MR) is 131 cm³/mol. The van der Waals surface area contributed by atoms with Gasteiger partial charge in [-0.2, -0.15) is 0 Å². The van der Waals surface area contributed by atoms with E-state index < -0.39 is 0 Å². The molecule has 1 fully saturated rings. The van der Waals surface area contributed by atoms with E-state index in [0.717, 1.165) is 36.0 Å². The Morgan fingerprint density at radius 2 is 1.67 bits per heavy atom. The second kappa shape index (κ2) is 11.0. The quantitative estimate of drug-likeness (QED) is 0.522. The minimum Gasteiger partial charge on any atom is -0.361 e. The molecule has 3 aromatic rings. The number of rotatable bonds is 8. The molecule has 0 atom stereocenters. The molecular weight excluding hydrogens is 414 g/mol. The number of urea groups is 1. The Morgan fingerprint density at radius 3 is 2.45 bits per heavy atom. The van der Waals surface area contributed by atoms with Crippen LogP contribution < -0.4 is 5.32 Å². The third-order valence-corrected chi connectivity index (χ3v) is 6.22. The van der Waals surface area contributed by atoms with Crippen LogP contribution in [0.2, 0.25) is 0 Å². The number of carbonyl (C=O) groups is 2. The molecule has 0 saturated carbocycles. The highest BCUT2D eigenvalue weighted by Gasteiger charge is 2.24. The Balaban J connectivity index is 1.14. The van der Waals surface area contributed by atoms with Gasteiger partial charge in [-0.15, -0.1) is 0 Å². The Labute approximate surface area is 195 Å². The SMILES string of the molecule is CN(CCCNC(=O)N1CCN(C(=O)Cc2c[nH]c3ccccc23)CC1)Cc1ccccc1. The lowest BCUT2D eigenvalue weighted by molar-refractivity contribution is -0.131. The summed E-state index contributed by atoms with van der Waals surface area (Å²) in [6.07, 6.45) is 3.20. The maximum Gasteiger partial charge on any atom is 0.317 e. The summed E-state index contributed by atoms with van der Waals surface area (Å²) in [6.45, 7) is 4.77. The first-order valence-electron chi connectivity index (χ1n) is 11.7. The summed E-state index contributed by atoms with van der Waals surface area (Å²) in [5.41, 5.74) is 3.36. The van der Waals surface area contributed by atoms with Gasteiger partial charge in [0.2, 0.25) is 5.91 Å². The molecule has 0 radical (unpaired) electrons. The molecule has 0 aliphatic carbocycles. The smallest absolute Gasteiger partial charge is 0.317 e. The van der Waals surface area contributed by atoms with E-state index in [0.29, 0.717) is 39.1 Å². The zero-order valence-electron chi connectivity index (χ0n) is 19.3. The average Bonchev–Trinajstić information content (AvgIpc) is 3.25. The number of hydrogen-bond donors (Lipinski definition) is 2. The van der Waals surface area contributed by atoms with Crippen molar-refractivity contribution in [3.8, 4) is 0 Å². The highest BCUT2D eigenvalue weighted by atomic mass is 16.2. The molecule has 0 spiro atoms. The maximum atomic E-state index is 12.8. The van der Waals surface area contributed by atoms with E-state index in [9.17, 15) is 9.59 Å². The number of amides is 3. The van der Waals surface area contributed by atoms with E-state index in [2.05, 4.69) is 46.5 Å². The molecule has 3 amide bonds. The third-order valence-electron chi connectivity index (χ3n) is 6.22. The Morgan fingerprint density at radius 1 is 0.970 bits per heavy atom. The molecular formula is C26H33N5O2. The normalized spacial score (nSPS) is 14.1. The summed E-state index contributed by atoms with van der Waals surface area (Å²) in [4.78, 5) is 34.5. The topological polar surface area (TPSA) is 71.7 Å². The summed E-state index contributed by atoms with van der Waals surface area (Å²) >= 11 is 0. The van der Waals surface area contributed by atoms with Gasteiger partial charge in [0.15, 0.2) is 0 Å². The number of aromatic nitrogens is 1. The molecule has 7 nitrogen and oxygen atoms in total. The molecule has 2 N–H and O–H groups in total. The molecule has 174 valence electrons. The van der Waals surface area contributed by atoms with Crippen LogP contribution in [-0.2, 0) is 17.8 Å². The van der Waals surface area contributed by atoms with Gasteiger partial charge in [0, 0.05) is 56.4 Å². The molecule has 4 rings (SSSR count). The number of carbonyl (C=O) groups excluding carboxylic acids is 2. The van der Waals surface area contributed by atoms with E-state index in [1.165, 1.54) is 5.56 Å². The molecule has 1 aliphatic rings. The summed E-state index contributed by atoms with van der Waals surface area (Å²) < 4.78 is 0. The molecule has 1 aliphatic heterocycles. The highest BCUT2D eigenvalue weighted by Crippen LogP contribution is 2.19. The van der Waals surface area contributed by atoms with Crippen molar-refractivity contribution >= 4 is 22.8 Å². The summed E-state index contributed by atoms with van der Waals surface area (Å²) in [5, 5.41) is 4.12. The molecule has 7 heteroatoms. The lowest BCUT2D eigenvalue weighted by atomic mass is 10.1. The van der Waals surface area contributed by atoms with Crippen molar-refractivity contribution < 1.29 is 9.59 Å². The van der Waals surface area contributed by atoms with Crippen LogP contribution >= 0.6 is 0 Å². The van der Waals surface area contributed by atoms with Crippen LogP contribution in [0.3, 0.4) is 0 Å². The molecule has 1 saturated heterocycles. The first kappa shape index (κ1) is 22.9. The van der Waals surface area contributed by atoms with E-state index in [-0.39, 0.29) is 11.9 Å². The van der Waals surface area contributed by atoms with Crippen molar-refractivity contribution in [2.45, 2.75) is 19.4 Å². The first-order valence-corrected chi connectivity index (χ1v) is 11.7. The number of benzene rings is 2. The van der Waals surface area contributed by atoms with Gasteiger partial charge in [-0.3, -0.25) is 4.79 Å². The highest BCUT2D eigenvalue weighted by molar-refractivity contribution is 5.89. The van der Waals surface area contributed by atoms with E-state index >= 15 is 0 Å². The molecule has 33 heavy (non-hydrogen) atoms. The van der Waals surface area contributed by atoms with Crippen LogP contribution in [-0.4, -0.2) is 77.9 Å². The average molecular weight is 448 g/mol. The standard InChI is InChI=1S/C26H33N5O2/c1-29(20-21-8-3-2-4-9-21)13-7-12-27-26(33)31-16-14-30(15-17-31)25(32)18-22-19-28-24-11-6-5-10-23(22)24/h2-6,8-11,19,28H,7,12-18,20H2,1H3,(H,27,33). The molecule has 0 bridgehead atoms. The fourth-order valence-corrected chi connectivity index (χ4v) is 4.34. The number of para-hydroxylation sites is 1. The largest absolute Gasteiger partial charge is 0.361 e. The Kier molecular flexibility index (Phi) is 7.62. The van der Waals surface area contributed by atoms with Crippen molar-refractivity contribution in [1.82, 2.24) is 25.0 Å². The maximum absolute atomic E-state index is 12.8. The van der Waals surface area contributed by atoms with Gasteiger partial charge < -0.3 is 25.0 Å². The minimum atomic E-state index is -0.0376. The number of piperazine rings is 1. The molecule has 0 unspecified atom stereocenters. The lowest BCUT2D eigenvalue weighted by Crippen LogP contribution is -2.53. The zero-order chi connectivity index (χ0) is 23.0. The lowest BCUT2D eigenvalue weighted by Gasteiger charge is -2.34. The van der Waals surface area contributed by atoms with Crippen LogP contribution in [0.25, 0.3) is 10.9 Å². The number of H-pyrrole nitrogens is 1. The van der Waals surface area contributed by atoms with Gasteiger partial charge in [0.1, 0.15) is 0 Å². The van der Waals surface area contributed by atoms with Crippen LogP contribution in [0.5, 0.6) is 0 Å². The van der Waals surface area contributed by atoms with Gasteiger partial charge in [-0.05, 0) is 37.2 Å². The van der Waals surface area contributed by atoms with Crippen LogP contribution in [0.15, 0.2) is 60.8 Å². The van der Waals surface area contributed by atoms with Gasteiger partial charge in [0.25, 0.3) is 0 Å². The fourth-order valence-electron chi connectivity index (χ4n) is 4.34. The zero-order valence-corrected chi connectivity index (χ0v) is 19.3. The third kappa shape index (κ3) is 6.14. The number of nitrogens with one attached hydrogen (secondary N) is 2. The Hall–Kier alpha value is -3.32. The predicted octanol–water partition coefficient (Wildman–Crippen LogP) is 3.09. The number of hydrogen-bond acceptors (Lipinski definition) is 3. The van der Waals surface area contributed by atoms with Gasteiger partial charge >= 0.3 is 6.03 Å². The number of nitrogens with zero attached hydrogens (tertiary/aromatic N) is 3. The summed E-state index contributed by atoms with van der Waals surface area (Å²) in [7, 11) is 2.10. The van der Waals surface area contributed by atoms with E-state index in [4.69, 9.17) is 0 Å². The first-order chi connectivity index (χ1) is 16.1. The van der Waals surface area contributed by atoms with Crippen molar-refractivity contribution in [3.05, 3.63) is 71.9 Å².